The summed E-state index contributed by atoms with van der Waals surface area (Å²) in [4.78, 5) is 37.0. The Morgan fingerprint density at radius 2 is 2.04 bits per heavy atom. The molecule has 23 heavy (non-hydrogen) atoms. The maximum Gasteiger partial charge on any atom is 0.305 e. The van der Waals surface area contributed by atoms with Gasteiger partial charge in [0.05, 0.1) is 12.0 Å². The number of amides is 2. The van der Waals surface area contributed by atoms with Crippen LogP contribution in [0.25, 0.3) is 0 Å². The van der Waals surface area contributed by atoms with Gasteiger partial charge in [-0.05, 0) is 43.9 Å². The second-order valence-electron chi connectivity index (χ2n) is 6.36. The predicted octanol–water partition coefficient (Wildman–Crippen LogP) is 1.94. The first kappa shape index (κ1) is 15.5. The summed E-state index contributed by atoms with van der Waals surface area (Å²) in [6.45, 7) is 0.673. The van der Waals surface area contributed by atoms with Gasteiger partial charge >= 0.3 is 5.97 Å². The van der Waals surface area contributed by atoms with Crippen LogP contribution < -0.4 is 10.2 Å². The Kier molecular flexibility index (Phi) is 4.07. The molecule has 0 atom stereocenters. The Morgan fingerprint density at radius 3 is 2.61 bits per heavy atom. The van der Waals surface area contributed by atoms with E-state index in [0.29, 0.717) is 31.4 Å². The minimum absolute atomic E-state index is 0.0525. The number of carboxylic acid groups (broad SMARTS) is 1. The van der Waals surface area contributed by atoms with Gasteiger partial charge in [-0.15, -0.1) is 0 Å². The lowest BCUT2D eigenvalue weighted by Gasteiger charge is -2.41. The number of anilines is 1. The van der Waals surface area contributed by atoms with Crippen LogP contribution in [0.2, 0.25) is 0 Å². The number of carboxylic acids is 1. The molecule has 1 aliphatic carbocycles. The van der Waals surface area contributed by atoms with Crippen LogP contribution in [0.1, 0.15) is 48.9 Å². The molecule has 1 heterocycles. The van der Waals surface area contributed by atoms with E-state index in [2.05, 4.69) is 5.32 Å². The highest BCUT2D eigenvalue weighted by Crippen LogP contribution is 2.35. The molecular formula is C17H20N2O4. The minimum Gasteiger partial charge on any atom is -0.481 e. The number of carbonyl (C=O) groups is 3. The number of nitrogens with one attached hydrogen (secondary N) is 1. The lowest BCUT2D eigenvalue weighted by atomic mass is 9.74. The molecule has 0 aromatic heterocycles. The highest BCUT2D eigenvalue weighted by Gasteiger charge is 2.40. The smallest absolute Gasteiger partial charge is 0.305 e. The maximum absolute atomic E-state index is 12.5. The van der Waals surface area contributed by atoms with Gasteiger partial charge in [0, 0.05) is 24.2 Å². The number of nitrogens with zero attached hydrogens (tertiary/aromatic N) is 1. The van der Waals surface area contributed by atoms with Crippen LogP contribution in [0.3, 0.4) is 0 Å². The third kappa shape index (κ3) is 3.21. The summed E-state index contributed by atoms with van der Waals surface area (Å²) in [5.41, 5.74) is 0.558. The summed E-state index contributed by atoms with van der Waals surface area (Å²) >= 11 is 0. The zero-order valence-corrected chi connectivity index (χ0v) is 12.9. The van der Waals surface area contributed by atoms with Crippen molar-refractivity contribution in [3.8, 4) is 0 Å². The molecule has 2 amide bonds. The molecule has 1 aromatic rings. The van der Waals surface area contributed by atoms with Gasteiger partial charge in [-0.1, -0.05) is 6.07 Å². The second-order valence-corrected chi connectivity index (χ2v) is 6.36. The van der Waals surface area contributed by atoms with E-state index in [1.54, 1.807) is 23.1 Å². The average Bonchev–Trinajstić information content (AvgIpc) is 2.90. The van der Waals surface area contributed by atoms with Crippen molar-refractivity contribution >= 4 is 23.5 Å². The van der Waals surface area contributed by atoms with Crippen molar-refractivity contribution in [2.75, 3.05) is 11.4 Å². The average molecular weight is 316 g/mol. The molecule has 2 fully saturated rings. The van der Waals surface area contributed by atoms with E-state index in [1.165, 1.54) is 0 Å². The summed E-state index contributed by atoms with van der Waals surface area (Å²) in [6, 6.07) is 6.95. The van der Waals surface area contributed by atoms with Gasteiger partial charge in [-0.2, -0.15) is 0 Å². The first-order valence-electron chi connectivity index (χ1n) is 7.94. The summed E-state index contributed by atoms with van der Waals surface area (Å²) in [5, 5.41) is 11.9. The van der Waals surface area contributed by atoms with E-state index in [-0.39, 0.29) is 18.2 Å². The molecule has 0 unspecified atom stereocenters. The lowest BCUT2D eigenvalue weighted by molar-refractivity contribution is -0.139. The van der Waals surface area contributed by atoms with Gasteiger partial charge < -0.3 is 15.3 Å². The Labute approximate surface area is 134 Å². The number of carbonyl (C=O) groups excluding carboxylic acids is 2. The molecule has 3 rings (SSSR count). The van der Waals surface area contributed by atoms with E-state index in [0.717, 1.165) is 18.5 Å². The predicted molar refractivity (Wildman–Crippen MR) is 84.3 cm³/mol. The SMILES string of the molecule is O=C(O)CC1(NC(=O)c2cccc(N3CCCC3=O)c2)CCC1. The van der Waals surface area contributed by atoms with Gasteiger partial charge in [0.25, 0.3) is 5.91 Å². The minimum atomic E-state index is -0.901. The van der Waals surface area contributed by atoms with Crippen LogP contribution in [0, 0.1) is 0 Å². The van der Waals surface area contributed by atoms with E-state index in [1.807, 2.05) is 6.07 Å². The first-order valence-corrected chi connectivity index (χ1v) is 7.94. The third-order valence-corrected chi connectivity index (χ3v) is 4.67. The molecule has 0 spiro atoms. The fourth-order valence-corrected chi connectivity index (χ4v) is 3.29. The van der Waals surface area contributed by atoms with Crippen LogP contribution in [-0.4, -0.2) is 35.0 Å². The number of benzene rings is 1. The number of hydrogen-bond donors (Lipinski definition) is 2. The number of aliphatic carboxylic acids is 1. The fourth-order valence-electron chi connectivity index (χ4n) is 3.29. The highest BCUT2D eigenvalue weighted by atomic mass is 16.4. The molecule has 1 aromatic carbocycles. The van der Waals surface area contributed by atoms with Crippen molar-refractivity contribution in [2.45, 2.75) is 44.1 Å². The van der Waals surface area contributed by atoms with Crippen molar-refractivity contribution in [2.24, 2.45) is 0 Å². The Balaban J connectivity index is 1.75. The summed E-state index contributed by atoms with van der Waals surface area (Å²) in [7, 11) is 0. The number of hydrogen-bond acceptors (Lipinski definition) is 3. The van der Waals surface area contributed by atoms with Gasteiger partial charge in [0.1, 0.15) is 0 Å². The summed E-state index contributed by atoms with van der Waals surface area (Å²) in [6.07, 6.45) is 3.62. The molecule has 0 bridgehead atoms. The summed E-state index contributed by atoms with van der Waals surface area (Å²) in [5.74, 6) is -1.11. The van der Waals surface area contributed by atoms with Crippen LogP contribution >= 0.6 is 0 Å². The van der Waals surface area contributed by atoms with Gasteiger partial charge in [0.15, 0.2) is 0 Å². The largest absolute Gasteiger partial charge is 0.481 e. The second kappa shape index (κ2) is 6.02. The Bertz CT molecular complexity index is 652. The van der Waals surface area contributed by atoms with Crippen molar-refractivity contribution < 1.29 is 19.5 Å². The van der Waals surface area contributed by atoms with E-state index in [4.69, 9.17) is 5.11 Å². The third-order valence-electron chi connectivity index (χ3n) is 4.67. The fraction of sp³-hybridized carbons (Fsp3) is 0.471. The Morgan fingerprint density at radius 1 is 1.26 bits per heavy atom. The van der Waals surface area contributed by atoms with Gasteiger partial charge in [-0.3, -0.25) is 14.4 Å². The van der Waals surface area contributed by atoms with Crippen LogP contribution in [0.15, 0.2) is 24.3 Å². The van der Waals surface area contributed by atoms with Crippen molar-refractivity contribution in [1.82, 2.24) is 5.32 Å². The molecule has 1 saturated carbocycles. The normalized spacial score (nSPS) is 19.3. The molecule has 122 valence electrons. The first-order chi connectivity index (χ1) is 11.0. The van der Waals surface area contributed by atoms with Gasteiger partial charge in [-0.25, -0.2) is 0 Å². The zero-order chi connectivity index (χ0) is 16.4. The molecule has 0 radical (unpaired) electrons. The Hall–Kier alpha value is -2.37. The maximum atomic E-state index is 12.5. The standard InChI is InChI=1S/C17H20N2O4/c20-14-6-2-9-19(14)13-5-1-4-12(10-13)16(23)18-17(7-3-8-17)11-15(21)22/h1,4-5,10H,2-3,6-9,11H2,(H,18,23)(H,21,22). The molecule has 2 N–H and O–H groups in total. The van der Waals surface area contributed by atoms with Crippen LogP contribution in [0.4, 0.5) is 5.69 Å². The van der Waals surface area contributed by atoms with E-state index < -0.39 is 11.5 Å². The molecule has 1 aliphatic heterocycles. The molecule has 6 heteroatoms. The molecule has 1 saturated heterocycles. The topological polar surface area (TPSA) is 86.7 Å². The molecule has 2 aliphatic rings. The van der Waals surface area contributed by atoms with E-state index in [9.17, 15) is 14.4 Å². The van der Waals surface area contributed by atoms with Crippen LogP contribution in [0.5, 0.6) is 0 Å². The molecule has 6 nitrogen and oxygen atoms in total. The van der Waals surface area contributed by atoms with E-state index >= 15 is 0 Å². The quantitative estimate of drug-likeness (QED) is 0.869. The van der Waals surface area contributed by atoms with Crippen LogP contribution in [-0.2, 0) is 9.59 Å². The van der Waals surface area contributed by atoms with Crippen molar-refractivity contribution in [1.29, 1.82) is 0 Å². The number of rotatable bonds is 5. The lowest BCUT2D eigenvalue weighted by Crippen LogP contribution is -2.54. The van der Waals surface area contributed by atoms with Crippen molar-refractivity contribution in [3.05, 3.63) is 29.8 Å². The monoisotopic (exact) mass is 316 g/mol. The zero-order valence-electron chi connectivity index (χ0n) is 12.9. The highest BCUT2D eigenvalue weighted by molar-refractivity contribution is 5.99. The van der Waals surface area contributed by atoms with Crippen molar-refractivity contribution in [3.63, 3.8) is 0 Å². The molecular weight excluding hydrogens is 296 g/mol. The summed E-state index contributed by atoms with van der Waals surface area (Å²) < 4.78 is 0. The van der Waals surface area contributed by atoms with Gasteiger partial charge in [0.2, 0.25) is 5.91 Å².